The second-order valence-corrected chi connectivity index (χ2v) is 11.1. The monoisotopic (exact) mass is 535 g/mol. The standard InChI is InChI=1S/C24H28Cl3N7O/c1-24(21(28)35)8-6-15(7-9-24)34-20-18(12-29-22(33-20)30-14-4-2-3-5-14)31-23(34)32-19-16(26)10-13(25)11-17(19)27/h10-12,14-15H,2-9H2,1H3,(H2,28,35)(H,31,32)(H,29,30,33). The van der Waals surface area contributed by atoms with Crippen molar-refractivity contribution in [3.05, 3.63) is 33.4 Å². The molecule has 2 aliphatic rings. The normalized spacial score (nSPS) is 23.0. The maximum Gasteiger partial charge on any atom is 0.224 e. The average molecular weight is 537 g/mol. The summed E-state index contributed by atoms with van der Waals surface area (Å²) >= 11 is 19.0. The van der Waals surface area contributed by atoms with Gasteiger partial charge in [0.15, 0.2) is 5.65 Å². The molecule has 1 aromatic carbocycles. The first-order valence-corrected chi connectivity index (χ1v) is 13.1. The van der Waals surface area contributed by atoms with Gasteiger partial charge in [0, 0.05) is 22.5 Å². The van der Waals surface area contributed by atoms with E-state index in [2.05, 4.69) is 20.2 Å². The van der Waals surface area contributed by atoms with Crippen molar-refractivity contribution in [1.82, 2.24) is 19.5 Å². The van der Waals surface area contributed by atoms with Gasteiger partial charge in [-0.05, 0) is 50.7 Å². The van der Waals surface area contributed by atoms with Crippen LogP contribution in [0, 0.1) is 5.41 Å². The van der Waals surface area contributed by atoms with E-state index in [1.165, 1.54) is 12.8 Å². The van der Waals surface area contributed by atoms with Crippen molar-refractivity contribution in [3.8, 4) is 0 Å². The molecule has 35 heavy (non-hydrogen) atoms. The molecule has 0 spiro atoms. The molecular formula is C24H28Cl3N7O. The quantitative estimate of drug-likeness (QED) is 0.332. The number of hydrogen-bond acceptors (Lipinski definition) is 6. The molecule has 2 aromatic heterocycles. The van der Waals surface area contributed by atoms with E-state index in [4.69, 9.17) is 50.5 Å². The summed E-state index contributed by atoms with van der Waals surface area (Å²) in [4.78, 5) is 26.2. The smallest absolute Gasteiger partial charge is 0.224 e. The Morgan fingerprint density at radius 3 is 2.37 bits per heavy atom. The van der Waals surface area contributed by atoms with Crippen LogP contribution in [0.15, 0.2) is 18.3 Å². The average Bonchev–Trinajstić information content (AvgIpc) is 3.44. The van der Waals surface area contributed by atoms with Gasteiger partial charge in [0.05, 0.1) is 21.9 Å². The zero-order valence-electron chi connectivity index (χ0n) is 19.5. The lowest BCUT2D eigenvalue weighted by Crippen LogP contribution is -2.38. The maximum absolute atomic E-state index is 12.0. The number of benzene rings is 1. The minimum Gasteiger partial charge on any atom is -0.369 e. The van der Waals surface area contributed by atoms with E-state index in [0.717, 1.165) is 31.3 Å². The van der Waals surface area contributed by atoms with Gasteiger partial charge in [-0.15, -0.1) is 0 Å². The number of nitrogens with two attached hydrogens (primary N) is 1. The molecule has 2 saturated carbocycles. The third kappa shape index (κ3) is 4.88. The van der Waals surface area contributed by atoms with Gasteiger partial charge in [0.1, 0.15) is 5.52 Å². The largest absolute Gasteiger partial charge is 0.369 e. The number of nitrogens with zero attached hydrogens (tertiary/aromatic N) is 4. The molecule has 5 rings (SSSR count). The molecule has 3 aromatic rings. The lowest BCUT2D eigenvalue weighted by Gasteiger charge is -2.35. The second kappa shape index (κ2) is 9.64. The van der Waals surface area contributed by atoms with Gasteiger partial charge in [-0.2, -0.15) is 4.98 Å². The summed E-state index contributed by atoms with van der Waals surface area (Å²) in [7, 11) is 0. The summed E-state index contributed by atoms with van der Waals surface area (Å²) in [6.07, 6.45) is 9.31. The van der Waals surface area contributed by atoms with Gasteiger partial charge in [-0.3, -0.25) is 9.36 Å². The number of carbonyl (C=O) groups is 1. The first-order chi connectivity index (χ1) is 16.7. The number of anilines is 3. The Labute approximate surface area is 218 Å². The van der Waals surface area contributed by atoms with Gasteiger partial charge < -0.3 is 16.4 Å². The fourth-order valence-electron chi connectivity index (χ4n) is 5.16. The van der Waals surface area contributed by atoms with Crippen LogP contribution in [0.25, 0.3) is 11.2 Å². The van der Waals surface area contributed by atoms with Crippen LogP contribution in [0.4, 0.5) is 17.6 Å². The van der Waals surface area contributed by atoms with Crippen molar-refractivity contribution >= 4 is 69.5 Å². The van der Waals surface area contributed by atoms with Crippen LogP contribution in [0.5, 0.6) is 0 Å². The minimum atomic E-state index is -0.507. The van der Waals surface area contributed by atoms with Gasteiger partial charge in [-0.25, -0.2) is 9.97 Å². The van der Waals surface area contributed by atoms with Crippen molar-refractivity contribution in [3.63, 3.8) is 0 Å². The molecule has 2 fully saturated rings. The van der Waals surface area contributed by atoms with E-state index >= 15 is 0 Å². The molecular weight excluding hydrogens is 509 g/mol. The van der Waals surface area contributed by atoms with Crippen LogP contribution in [0.1, 0.15) is 64.3 Å². The van der Waals surface area contributed by atoms with Crippen molar-refractivity contribution < 1.29 is 4.79 Å². The molecule has 0 bridgehead atoms. The molecule has 0 aliphatic heterocycles. The molecule has 0 saturated heterocycles. The minimum absolute atomic E-state index is 0.0639. The summed E-state index contributed by atoms with van der Waals surface area (Å²) < 4.78 is 2.08. The van der Waals surface area contributed by atoms with Gasteiger partial charge in [-0.1, -0.05) is 54.6 Å². The van der Waals surface area contributed by atoms with Crippen LogP contribution in [0.3, 0.4) is 0 Å². The van der Waals surface area contributed by atoms with Crippen molar-refractivity contribution in [2.45, 2.75) is 70.4 Å². The molecule has 2 heterocycles. The first kappa shape index (κ1) is 24.4. The predicted octanol–water partition coefficient (Wildman–Crippen LogP) is 6.49. The molecule has 4 N–H and O–H groups in total. The van der Waals surface area contributed by atoms with E-state index in [1.54, 1.807) is 18.3 Å². The zero-order valence-corrected chi connectivity index (χ0v) is 21.7. The fourth-order valence-corrected chi connectivity index (χ4v) is 6.08. The number of aromatic nitrogens is 4. The molecule has 2 aliphatic carbocycles. The Bertz CT molecular complexity index is 1240. The lowest BCUT2D eigenvalue weighted by molar-refractivity contribution is -0.128. The van der Waals surface area contributed by atoms with Crippen molar-refractivity contribution in [2.24, 2.45) is 11.1 Å². The zero-order chi connectivity index (χ0) is 24.7. The van der Waals surface area contributed by atoms with E-state index in [9.17, 15) is 4.79 Å². The van der Waals surface area contributed by atoms with E-state index in [1.807, 2.05) is 6.92 Å². The number of hydrogen-bond donors (Lipinski definition) is 3. The topological polar surface area (TPSA) is 111 Å². The molecule has 1 amide bonds. The van der Waals surface area contributed by atoms with Gasteiger partial charge in [0.2, 0.25) is 17.8 Å². The van der Waals surface area contributed by atoms with E-state index in [0.29, 0.717) is 57.1 Å². The number of primary amides is 1. The lowest BCUT2D eigenvalue weighted by atomic mass is 9.73. The van der Waals surface area contributed by atoms with Crippen LogP contribution in [-0.2, 0) is 4.79 Å². The maximum atomic E-state index is 12.0. The van der Waals surface area contributed by atoms with Crippen molar-refractivity contribution in [2.75, 3.05) is 10.6 Å². The number of rotatable bonds is 6. The Balaban J connectivity index is 1.54. The fraction of sp³-hybridized carbons (Fsp3) is 0.500. The molecule has 0 unspecified atom stereocenters. The molecule has 8 nitrogen and oxygen atoms in total. The Hall–Kier alpha value is -2.29. The summed E-state index contributed by atoms with van der Waals surface area (Å²) in [6, 6.07) is 3.72. The van der Waals surface area contributed by atoms with Crippen LogP contribution < -0.4 is 16.4 Å². The first-order valence-electron chi connectivity index (χ1n) is 12.0. The number of carbonyl (C=O) groups excluding carboxylic acids is 1. The summed E-state index contributed by atoms with van der Waals surface area (Å²) in [5.41, 5.74) is 7.08. The Kier molecular flexibility index (Phi) is 6.72. The number of amides is 1. The molecule has 0 radical (unpaired) electrons. The van der Waals surface area contributed by atoms with Crippen LogP contribution in [-0.4, -0.2) is 31.5 Å². The second-order valence-electron chi connectivity index (χ2n) is 9.86. The number of halogens is 3. The molecule has 11 heteroatoms. The summed E-state index contributed by atoms with van der Waals surface area (Å²) in [6.45, 7) is 1.94. The highest BCUT2D eigenvalue weighted by Crippen LogP contribution is 2.44. The van der Waals surface area contributed by atoms with Crippen LogP contribution >= 0.6 is 34.8 Å². The Morgan fingerprint density at radius 2 is 1.74 bits per heavy atom. The highest BCUT2D eigenvalue weighted by molar-refractivity contribution is 6.41. The summed E-state index contributed by atoms with van der Waals surface area (Å²) in [5, 5.41) is 8.01. The molecule has 186 valence electrons. The third-order valence-corrected chi connectivity index (χ3v) is 8.20. The summed E-state index contributed by atoms with van der Waals surface area (Å²) in [5.74, 6) is 0.901. The third-order valence-electron chi connectivity index (χ3n) is 7.38. The Morgan fingerprint density at radius 1 is 1.09 bits per heavy atom. The highest BCUT2D eigenvalue weighted by Gasteiger charge is 2.37. The predicted molar refractivity (Wildman–Crippen MR) is 141 cm³/mol. The molecule has 0 atom stereocenters. The highest BCUT2D eigenvalue weighted by atomic mass is 35.5. The SMILES string of the molecule is CC1(C(N)=O)CCC(n2c(Nc3c(Cl)cc(Cl)cc3Cl)nc3cnc(NC4CCCC4)nc32)CC1. The van der Waals surface area contributed by atoms with Gasteiger partial charge >= 0.3 is 0 Å². The van der Waals surface area contributed by atoms with Gasteiger partial charge in [0.25, 0.3) is 0 Å². The van der Waals surface area contributed by atoms with E-state index < -0.39 is 5.41 Å². The van der Waals surface area contributed by atoms with Crippen molar-refractivity contribution in [1.29, 1.82) is 0 Å². The number of fused-ring (bicyclic) bond motifs is 1. The van der Waals surface area contributed by atoms with Crippen LogP contribution in [0.2, 0.25) is 15.1 Å². The number of nitrogens with one attached hydrogen (secondary N) is 2. The van der Waals surface area contributed by atoms with E-state index in [-0.39, 0.29) is 11.9 Å². The number of imidazole rings is 1.